The topological polar surface area (TPSA) is 79.9 Å². The van der Waals surface area contributed by atoms with Gasteiger partial charge < -0.3 is 20.1 Å². The normalized spacial score (nSPS) is 30.8. The highest BCUT2D eigenvalue weighted by atomic mass is 35.5. The van der Waals surface area contributed by atoms with E-state index in [0.29, 0.717) is 24.3 Å². The highest BCUT2D eigenvalue weighted by Gasteiger charge is 2.58. The Labute approximate surface area is 189 Å². The van der Waals surface area contributed by atoms with Gasteiger partial charge in [-0.15, -0.1) is 0 Å². The molecule has 2 heterocycles. The molecular formula is C23H34ClN3O4. The predicted octanol–water partition coefficient (Wildman–Crippen LogP) is 3.09. The van der Waals surface area contributed by atoms with Crippen LogP contribution in [0.15, 0.2) is 30.3 Å². The quantitative estimate of drug-likeness (QED) is 0.469. The minimum Gasteiger partial charge on any atom is -0.354 e. The molecule has 7 nitrogen and oxygen atoms in total. The van der Waals surface area contributed by atoms with Crippen molar-refractivity contribution in [3.63, 3.8) is 0 Å². The van der Waals surface area contributed by atoms with E-state index in [1.54, 1.807) is 19.2 Å². The summed E-state index contributed by atoms with van der Waals surface area (Å²) >= 11 is 7.22. The Kier molecular flexibility index (Phi) is 7.97. The van der Waals surface area contributed by atoms with Crippen molar-refractivity contribution in [2.45, 2.75) is 76.1 Å². The number of hydrogen-bond donors (Lipinski definition) is 2. The molecule has 2 aliphatic rings. The summed E-state index contributed by atoms with van der Waals surface area (Å²) in [6.07, 6.45) is 1.86. The third kappa shape index (κ3) is 5.58. The van der Waals surface area contributed by atoms with E-state index in [1.807, 2.05) is 18.2 Å². The second-order valence-corrected chi connectivity index (χ2v) is 9.57. The standard InChI is InChI=1S/C23H34ClN3O4/c1-15(2)9-8-12-27-19-13-18(26-20(29)17-10-6-5-7-11-17)14-23(27,24)22(25-16(3)28)31-21(19)30-4/h5-7,10-11,15,18-19,21-22H,8-9,12-14H2,1-4H3,(H,25,28)(H,26,29). The van der Waals surface area contributed by atoms with Crippen LogP contribution < -0.4 is 10.6 Å². The van der Waals surface area contributed by atoms with Crippen LogP contribution in [0.5, 0.6) is 0 Å². The van der Waals surface area contributed by atoms with Crippen LogP contribution >= 0.6 is 11.6 Å². The van der Waals surface area contributed by atoms with Crippen LogP contribution in [-0.4, -0.2) is 60.0 Å². The van der Waals surface area contributed by atoms with Crippen molar-refractivity contribution in [2.75, 3.05) is 13.7 Å². The van der Waals surface area contributed by atoms with Crippen LogP contribution in [0, 0.1) is 5.92 Å². The first-order valence-corrected chi connectivity index (χ1v) is 11.4. The SMILES string of the molecule is COC1OC(NC(C)=O)C2(Cl)CC(NC(=O)c3ccccc3)CC1N2CCCC(C)C. The number of piperidine rings is 1. The van der Waals surface area contributed by atoms with Crippen LogP contribution in [-0.2, 0) is 14.3 Å². The summed E-state index contributed by atoms with van der Waals surface area (Å²) in [4.78, 5) is 25.9. The Morgan fingerprint density at radius 2 is 2.00 bits per heavy atom. The van der Waals surface area contributed by atoms with Gasteiger partial charge in [-0.3, -0.25) is 14.5 Å². The summed E-state index contributed by atoms with van der Waals surface area (Å²) in [5.74, 6) is 0.230. The molecule has 0 aromatic heterocycles. The molecule has 31 heavy (non-hydrogen) atoms. The molecule has 0 aliphatic carbocycles. The van der Waals surface area contributed by atoms with E-state index in [0.717, 1.165) is 19.4 Å². The van der Waals surface area contributed by atoms with Gasteiger partial charge in [-0.25, -0.2) is 0 Å². The number of rotatable bonds is 8. The molecule has 5 atom stereocenters. The van der Waals surface area contributed by atoms with E-state index in [-0.39, 0.29) is 23.9 Å². The molecule has 1 aromatic carbocycles. The second-order valence-electron chi connectivity index (χ2n) is 8.91. The first-order chi connectivity index (χ1) is 14.7. The molecule has 3 rings (SSSR count). The fraction of sp³-hybridized carbons (Fsp3) is 0.652. The average molecular weight is 452 g/mol. The number of fused-ring (bicyclic) bond motifs is 2. The van der Waals surface area contributed by atoms with Crippen LogP contribution in [0.4, 0.5) is 0 Å². The Hall–Kier alpha value is -1.67. The van der Waals surface area contributed by atoms with Gasteiger partial charge in [0.2, 0.25) is 5.91 Å². The number of morpholine rings is 1. The number of alkyl halides is 1. The summed E-state index contributed by atoms with van der Waals surface area (Å²) in [6.45, 7) is 6.61. The summed E-state index contributed by atoms with van der Waals surface area (Å²) < 4.78 is 11.7. The van der Waals surface area contributed by atoms with E-state index in [1.165, 1.54) is 6.92 Å². The zero-order valence-electron chi connectivity index (χ0n) is 18.8. The molecule has 8 heteroatoms. The lowest BCUT2D eigenvalue weighted by molar-refractivity contribution is -0.274. The third-order valence-corrected chi connectivity index (χ3v) is 6.61. The number of hydrogen-bond acceptors (Lipinski definition) is 5. The van der Waals surface area contributed by atoms with Crippen LogP contribution in [0.25, 0.3) is 0 Å². The van der Waals surface area contributed by atoms with E-state index in [9.17, 15) is 9.59 Å². The maximum Gasteiger partial charge on any atom is 0.251 e. The molecule has 2 amide bonds. The molecule has 2 bridgehead atoms. The molecule has 2 saturated heterocycles. The van der Waals surface area contributed by atoms with E-state index >= 15 is 0 Å². The highest BCUT2D eigenvalue weighted by Crippen LogP contribution is 2.45. The largest absolute Gasteiger partial charge is 0.354 e. The van der Waals surface area contributed by atoms with Crippen molar-refractivity contribution in [1.29, 1.82) is 0 Å². The van der Waals surface area contributed by atoms with Gasteiger partial charge in [-0.05, 0) is 37.3 Å². The van der Waals surface area contributed by atoms with Gasteiger partial charge in [-0.2, -0.15) is 0 Å². The van der Waals surface area contributed by atoms with Gasteiger partial charge in [0.25, 0.3) is 5.91 Å². The number of halogens is 1. The number of ether oxygens (including phenoxy) is 2. The van der Waals surface area contributed by atoms with Crippen molar-refractivity contribution < 1.29 is 19.1 Å². The summed E-state index contributed by atoms with van der Waals surface area (Å²) in [5, 5.41) is 5.98. The summed E-state index contributed by atoms with van der Waals surface area (Å²) in [6, 6.07) is 8.83. The predicted molar refractivity (Wildman–Crippen MR) is 120 cm³/mol. The van der Waals surface area contributed by atoms with Crippen molar-refractivity contribution in [3.05, 3.63) is 35.9 Å². The van der Waals surface area contributed by atoms with Gasteiger partial charge >= 0.3 is 0 Å². The maximum atomic E-state index is 12.8. The van der Waals surface area contributed by atoms with Crippen molar-refractivity contribution in [2.24, 2.45) is 5.92 Å². The lowest BCUT2D eigenvalue weighted by atomic mass is 9.86. The smallest absolute Gasteiger partial charge is 0.251 e. The molecular weight excluding hydrogens is 418 g/mol. The van der Waals surface area contributed by atoms with E-state index < -0.39 is 17.5 Å². The van der Waals surface area contributed by atoms with Gasteiger partial charge in [0.05, 0.1) is 6.04 Å². The molecule has 0 radical (unpaired) electrons. The van der Waals surface area contributed by atoms with Crippen LogP contribution in [0.2, 0.25) is 0 Å². The fourth-order valence-corrected chi connectivity index (χ4v) is 5.12. The van der Waals surface area contributed by atoms with Gasteiger partial charge in [0.1, 0.15) is 5.00 Å². The van der Waals surface area contributed by atoms with E-state index in [2.05, 4.69) is 29.4 Å². The fourth-order valence-electron chi connectivity index (χ4n) is 4.62. The Morgan fingerprint density at radius 1 is 1.29 bits per heavy atom. The monoisotopic (exact) mass is 451 g/mol. The zero-order valence-corrected chi connectivity index (χ0v) is 19.5. The lowest BCUT2D eigenvalue weighted by Gasteiger charge is -2.58. The number of amides is 2. The number of benzene rings is 1. The lowest BCUT2D eigenvalue weighted by Crippen LogP contribution is -2.75. The van der Waals surface area contributed by atoms with Crippen molar-refractivity contribution >= 4 is 23.4 Å². The average Bonchev–Trinajstić information content (AvgIpc) is 2.71. The Balaban J connectivity index is 1.84. The molecule has 2 aliphatic heterocycles. The molecule has 172 valence electrons. The van der Waals surface area contributed by atoms with Gasteiger partial charge in [0, 0.05) is 38.6 Å². The molecule has 2 N–H and O–H groups in total. The zero-order chi connectivity index (χ0) is 22.6. The van der Waals surface area contributed by atoms with Gasteiger partial charge in [0.15, 0.2) is 12.5 Å². The molecule has 2 fully saturated rings. The highest BCUT2D eigenvalue weighted by molar-refractivity contribution is 6.24. The summed E-state index contributed by atoms with van der Waals surface area (Å²) in [5.41, 5.74) is 0.605. The van der Waals surface area contributed by atoms with Crippen LogP contribution in [0.3, 0.4) is 0 Å². The molecule has 1 aromatic rings. The number of nitrogens with one attached hydrogen (secondary N) is 2. The number of carbonyl (C=O) groups is 2. The minimum absolute atomic E-state index is 0.130. The molecule has 0 saturated carbocycles. The second kappa shape index (κ2) is 10.3. The van der Waals surface area contributed by atoms with Crippen LogP contribution in [0.1, 0.15) is 56.8 Å². The number of carbonyl (C=O) groups excluding carboxylic acids is 2. The van der Waals surface area contributed by atoms with Crippen molar-refractivity contribution in [1.82, 2.24) is 15.5 Å². The first-order valence-electron chi connectivity index (χ1n) is 11.0. The first kappa shape index (κ1) is 24.0. The summed E-state index contributed by atoms with van der Waals surface area (Å²) in [7, 11) is 1.59. The van der Waals surface area contributed by atoms with Gasteiger partial charge in [-0.1, -0.05) is 43.6 Å². The minimum atomic E-state index is -0.977. The Bertz CT molecular complexity index is 762. The third-order valence-electron chi connectivity index (χ3n) is 6.04. The molecule has 5 unspecified atom stereocenters. The maximum absolute atomic E-state index is 12.8. The number of nitrogens with zero attached hydrogens (tertiary/aromatic N) is 1. The van der Waals surface area contributed by atoms with E-state index in [4.69, 9.17) is 21.1 Å². The number of methoxy groups -OCH3 is 1. The Morgan fingerprint density at radius 3 is 2.61 bits per heavy atom. The molecule has 0 spiro atoms. The van der Waals surface area contributed by atoms with Crippen molar-refractivity contribution in [3.8, 4) is 0 Å².